The number of rotatable bonds is 14. The largest absolute Gasteiger partial charge is 0.493 e. The van der Waals surface area contributed by atoms with Crippen LogP contribution in [0.3, 0.4) is 0 Å². The molecule has 0 aliphatic carbocycles. The number of anilines is 1. The SMILES string of the molecule is O=C(Cc1ccc(OCCCC2CCN(c3ncc(Cl)cn3)CC2)cc1F)N1CC[C@@H](CNC(CO)(CO)CO)C1. The van der Waals surface area contributed by atoms with Crippen molar-refractivity contribution in [3.8, 4) is 5.75 Å². The summed E-state index contributed by atoms with van der Waals surface area (Å²) >= 11 is 5.87. The molecule has 1 atom stereocenters. The predicted octanol–water partition coefficient (Wildman–Crippen LogP) is 2.04. The summed E-state index contributed by atoms with van der Waals surface area (Å²) in [7, 11) is 0. The molecule has 10 nitrogen and oxygen atoms in total. The summed E-state index contributed by atoms with van der Waals surface area (Å²) in [4.78, 5) is 25.3. The number of nitrogens with zero attached hydrogens (tertiary/aromatic N) is 4. The third-order valence-electron chi connectivity index (χ3n) is 8.21. The molecule has 0 bridgehead atoms. The van der Waals surface area contributed by atoms with Crippen LogP contribution in [-0.4, -0.2) is 101 Å². The number of ether oxygens (including phenoxy) is 1. The van der Waals surface area contributed by atoms with Crippen LogP contribution in [0.25, 0.3) is 0 Å². The minimum Gasteiger partial charge on any atom is -0.493 e. The summed E-state index contributed by atoms with van der Waals surface area (Å²) in [6.07, 6.45) is 8.00. The molecule has 2 saturated heterocycles. The summed E-state index contributed by atoms with van der Waals surface area (Å²) in [6.45, 7) is 2.65. The van der Waals surface area contributed by atoms with Crippen LogP contribution in [-0.2, 0) is 11.2 Å². The zero-order valence-electron chi connectivity index (χ0n) is 23.4. The van der Waals surface area contributed by atoms with Gasteiger partial charge >= 0.3 is 0 Å². The van der Waals surface area contributed by atoms with E-state index in [1.807, 2.05) is 0 Å². The molecule has 2 aromatic rings. The first-order valence-electron chi connectivity index (χ1n) is 14.3. The second kappa shape index (κ2) is 15.1. The molecular formula is C29H41ClFN5O5. The van der Waals surface area contributed by atoms with Crippen molar-refractivity contribution in [2.24, 2.45) is 11.8 Å². The Morgan fingerprint density at radius 1 is 1.07 bits per heavy atom. The summed E-state index contributed by atoms with van der Waals surface area (Å²) in [5.41, 5.74) is -0.809. The first-order chi connectivity index (χ1) is 19.8. The van der Waals surface area contributed by atoms with Crippen molar-refractivity contribution < 1.29 is 29.2 Å². The van der Waals surface area contributed by atoms with Gasteiger partial charge in [0.1, 0.15) is 11.6 Å². The molecule has 1 aromatic carbocycles. The van der Waals surface area contributed by atoms with Gasteiger partial charge in [0.25, 0.3) is 0 Å². The van der Waals surface area contributed by atoms with E-state index in [9.17, 15) is 24.5 Å². The lowest BCUT2D eigenvalue weighted by Gasteiger charge is -2.31. The zero-order valence-corrected chi connectivity index (χ0v) is 24.1. The van der Waals surface area contributed by atoms with Gasteiger partial charge in [0.15, 0.2) is 0 Å². The number of piperidine rings is 1. The number of carbonyl (C=O) groups is 1. The molecule has 2 aliphatic rings. The zero-order chi connectivity index (χ0) is 29.2. The summed E-state index contributed by atoms with van der Waals surface area (Å²) in [6, 6.07) is 4.68. The van der Waals surface area contributed by atoms with Crippen molar-refractivity contribution in [2.45, 2.75) is 44.1 Å². The predicted molar refractivity (Wildman–Crippen MR) is 153 cm³/mol. The van der Waals surface area contributed by atoms with Crippen LogP contribution in [0.1, 0.15) is 37.7 Å². The highest BCUT2D eigenvalue weighted by Gasteiger charge is 2.31. The number of likely N-dealkylation sites (tertiary alicyclic amines) is 1. The first-order valence-corrected chi connectivity index (χ1v) is 14.7. The summed E-state index contributed by atoms with van der Waals surface area (Å²) < 4.78 is 20.6. The summed E-state index contributed by atoms with van der Waals surface area (Å²) in [5, 5.41) is 31.9. The highest BCUT2D eigenvalue weighted by molar-refractivity contribution is 6.30. The number of aromatic nitrogens is 2. The van der Waals surface area contributed by atoms with Crippen molar-refractivity contribution in [3.63, 3.8) is 0 Å². The molecule has 3 heterocycles. The second-order valence-electron chi connectivity index (χ2n) is 11.2. The van der Waals surface area contributed by atoms with Gasteiger partial charge in [-0.25, -0.2) is 14.4 Å². The molecule has 0 radical (unpaired) electrons. The van der Waals surface area contributed by atoms with Crippen LogP contribution in [0.2, 0.25) is 5.02 Å². The molecule has 226 valence electrons. The number of carbonyl (C=O) groups excluding carboxylic acids is 1. The average molecular weight is 594 g/mol. The Morgan fingerprint density at radius 3 is 2.41 bits per heavy atom. The highest BCUT2D eigenvalue weighted by atomic mass is 35.5. The third-order valence-corrected chi connectivity index (χ3v) is 8.40. The standard InChI is InChI=1S/C29H41ClFN5O5/c30-24-15-32-28(33-16-24)35-8-5-21(6-9-35)2-1-11-41-25-4-3-23(26(31)13-25)12-27(40)36-10-7-22(17-36)14-34-29(18-37,19-38)20-39/h3-4,13,15-16,21-22,34,37-39H,1-2,5-12,14,17-20H2/t22-/m0/s1. The van der Waals surface area contributed by atoms with Gasteiger partial charge in [-0.3, -0.25) is 4.79 Å². The van der Waals surface area contributed by atoms with E-state index in [1.54, 1.807) is 29.4 Å². The Morgan fingerprint density at radius 2 is 1.76 bits per heavy atom. The normalized spacial score (nSPS) is 18.2. The van der Waals surface area contributed by atoms with Crippen molar-refractivity contribution in [1.29, 1.82) is 0 Å². The van der Waals surface area contributed by atoms with Gasteiger partial charge in [-0.2, -0.15) is 0 Å². The number of hydrogen-bond donors (Lipinski definition) is 4. The van der Waals surface area contributed by atoms with E-state index >= 15 is 0 Å². The summed E-state index contributed by atoms with van der Waals surface area (Å²) in [5.74, 6) is 1.30. The molecule has 2 fully saturated rings. The number of aliphatic hydroxyl groups is 3. The van der Waals surface area contributed by atoms with Crippen molar-refractivity contribution >= 4 is 23.5 Å². The molecule has 1 amide bonds. The topological polar surface area (TPSA) is 131 Å². The second-order valence-corrected chi connectivity index (χ2v) is 11.6. The maximum absolute atomic E-state index is 14.8. The Kier molecular flexibility index (Phi) is 11.5. The highest BCUT2D eigenvalue weighted by Crippen LogP contribution is 2.25. The van der Waals surface area contributed by atoms with Gasteiger partial charge in [-0.05, 0) is 55.6 Å². The fourth-order valence-electron chi connectivity index (χ4n) is 5.39. The van der Waals surface area contributed by atoms with Crippen LogP contribution in [0, 0.1) is 17.7 Å². The van der Waals surface area contributed by atoms with Crippen LogP contribution in [0.5, 0.6) is 5.75 Å². The van der Waals surface area contributed by atoms with Gasteiger partial charge in [0.2, 0.25) is 11.9 Å². The van der Waals surface area contributed by atoms with Gasteiger partial charge in [0.05, 0.1) is 55.8 Å². The molecule has 41 heavy (non-hydrogen) atoms. The van der Waals surface area contributed by atoms with Gasteiger partial charge in [-0.15, -0.1) is 0 Å². The Bertz CT molecular complexity index is 1110. The molecule has 1 aromatic heterocycles. The Balaban J connectivity index is 1.14. The third kappa shape index (κ3) is 8.71. The van der Waals surface area contributed by atoms with E-state index in [2.05, 4.69) is 20.2 Å². The lowest BCUT2D eigenvalue weighted by atomic mass is 9.92. The number of amides is 1. The number of nitrogens with one attached hydrogen (secondary N) is 1. The molecule has 0 unspecified atom stereocenters. The fraction of sp³-hybridized carbons (Fsp3) is 0.621. The van der Waals surface area contributed by atoms with Crippen molar-refractivity contribution in [3.05, 3.63) is 47.0 Å². The van der Waals surface area contributed by atoms with E-state index in [0.29, 0.717) is 54.4 Å². The smallest absolute Gasteiger partial charge is 0.227 e. The number of hydrogen-bond acceptors (Lipinski definition) is 9. The maximum Gasteiger partial charge on any atom is 0.227 e. The van der Waals surface area contributed by atoms with Gasteiger partial charge in [-0.1, -0.05) is 17.7 Å². The minimum absolute atomic E-state index is 0.0279. The van der Waals surface area contributed by atoms with Crippen molar-refractivity contribution in [1.82, 2.24) is 20.2 Å². The lowest BCUT2D eigenvalue weighted by Crippen LogP contribution is -2.56. The number of benzene rings is 1. The van der Waals surface area contributed by atoms with E-state index in [1.165, 1.54) is 6.07 Å². The van der Waals surface area contributed by atoms with Crippen LogP contribution < -0.4 is 15.0 Å². The van der Waals surface area contributed by atoms with Gasteiger partial charge < -0.3 is 35.2 Å². The lowest BCUT2D eigenvalue weighted by molar-refractivity contribution is -0.129. The van der Waals surface area contributed by atoms with Crippen LogP contribution >= 0.6 is 11.6 Å². The molecule has 12 heteroatoms. The van der Waals surface area contributed by atoms with E-state index in [0.717, 1.165) is 45.2 Å². The first kappa shape index (κ1) is 31.4. The minimum atomic E-state index is -1.14. The average Bonchev–Trinajstić information content (AvgIpc) is 3.48. The van der Waals surface area contributed by atoms with Crippen LogP contribution in [0.15, 0.2) is 30.6 Å². The van der Waals surface area contributed by atoms with E-state index in [4.69, 9.17) is 16.3 Å². The molecule has 0 saturated carbocycles. The Hall–Kier alpha value is -2.57. The maximum atomic E-state index is 14.8. The van der Waals surface area contributed by atoms with Crippen LogP contribution in [0.4, 0.5) is 10.3 Å². The van der Waals surface area contributed by atoms with Gasteiger partial charge in [0, 0.05) is 38.8 Å². The fourth-order valence-corrected chi connectivity index (χ4v) is 5.49. The number of aliphatic hydroxyl groups excluding tert-OH is 3. The van der Waals surface area contributed by atoms with E-state index < -0.39 is 31.2 Å². The van der Waals surface area contributed by atoms with Crippen molar-refractivity contribution in [2.75, 3.05) is 64.1 Å². The molecular weight excluding hydrogens is 553 g/mol. The number of halogens is 2. The molecule has 2 aliphatic heterocycles. The molecule has 0 spiro atoms. The van der Waals surface area contributed by atoms with E-state index in [-0.39, 0.29) is 18.2 Å². The quantitative estimate of drug-likeness (QED) is 0.243. The Labute approximate surface area is 245 Å². The molecule has 4 rings (SSSR count). The monoisotopic (exact) mass is 593 g/mol. The molecule has 4 N–H and O–H groups in total.